The number of aliphatic hydroxyl groups is 1. The number of benzene rings is 3. The fraction of sp³-hybridized carbons (Fsp3) is 0.111. The Kier molecular flexibility index (Phi) is 3.75. The van der Waals surface area contributed by atoms with E-state index in [9.17, 15) is 5.11 Å². The molecule has 0 aliphatic rings. The number of hydrogen-bond donors (Lipinski definition) is 2. The molecular formula is C18H16O3. The van der Waals surface area contributed by atoms with Gasteiger partial charge in [0.15, 0.2) is 0 Å². The molecule has 0 bridgehead atoms. The van der Waals surface area contributed by atoms with Crippen LogP contribution < -0.4 is 4.74 Å². The highest BCUT2D eigenvalue weighted by atomic mass is 16.5. The smallest absolute Gasteiger partial charge is 0.120 e. The highest BCUT2D eigenvalue weighted by Crippen LogP contribution is 2.24. The lowest BCUT2D eigenvalue weighted by molar-refractivity contribution is 0.281. The van der Waals surface area contributed by atoms with Crippen molar-refractivity contribution in [1.29, 1.82) is 0 Å². The average molecular weight is 280 g/mol. The molecule has 0 heterocycles. The second-order valence-corrected chi connectivity index (χ2v) is 4.96. The Morgan fingerprint density at radius 3 is 2.24 bits per heavy atom. The second kappa shape index (κ2) is 5.85. The fourth-order valence-electron chi connectivity index (χ4n) is 2.21. The molecule has 0 spiro atoms. The van der Waals surface area contributed by atoms with E-state index in [1.165, 1.54) is 0 Å². The van der Waals surface area contributed by atoms with Crippen LogP contribution in [0.3, 0.4) is 0 Å². The number of phenolic OH excluding ortho intramolecular Hbond substituents is 1. The van der Waals surface area contributed by atoms with Gasteiger partial charge in [-0.2, -0.15) is 0 Å². The molecule has 3 aromatic rings. The largest absolute Gasteiger partial charge is 0.508 e. The normalized spacial score (nSPS) is 10.7. The first-order valence-corrected chi connectivity index (χ1v) is 6.79. The standard InChI is InChI=1S/C18H16O3/c19-11-13-1-3-14(4-2-13)12-21-18-8-6-15-5-7-17(20)9-16(15)10-18/h1-10,19-20H,11-12H2. The number of ether oxygens (including phenoxy) is 1. The predicted molar refractivity (Wildman–Crippen MR) is 82.3 cm³/mol. The Morgan fingerprint density at radius 1 is 0.762 bits per heavy atom. The third kappa shape index (κ3) is 3.15. The van der Waals surface area contributed by atoms with Crippen LogP contribution >= 0.6 is 0 Å². The first-order valence-electron chi connectivity index (χ1n) is 6.79. The summed E-state index contributed by atoms with van der Waals surface area (Å²) in [6.45, 7) is 0.519. The van der Waals surface area contributed by atoms with Crippen molar-refractivity contribution < 1.29 is 14.9 Å². The third-order valence-electron chi connectivity index (χ3n) is 3.41. The van der Waals surface area contributed by atoms with E-state index in [4.69, 9.17) is 9.84 Å². The van der Waals surface area contributed by atoms with Gasteiger partial charge in [0.1, 0.15) is 18.1 Å². The van der Waals surface area contributed by atoms with E-state index in [2.05, 4.69) is 0 Å². The summed E-state index contributed by atoms with van der Waals surface area (Å²) >= 11 is 0. The molecule has 0 aliphatic heterocycles. The molecule has 0 unspecified atom stereocenters. The number of aliphatic hydroxyl groups excluding tert-OH is 1. The predicted octanol–water partition coefficient (Wildman–Crippen LogP) is 3.62. The van der Waals surface area contributed by atoms with Crippen LogP contribution in [0.15, 0.2) is 60.7 Å². The molecule has 0 atom stereocenters. The highest BCUT2D eigenvalue weighted by Gasteiger charge is 2.00. The summed E-state index contributed by atoms with van der Waals surface area (Å²) in [6.07, 6.45) is 0. The second-order valence-electron chi connectivity index (χ2n) is 4.96. The van der Waals surface area contributed by atoms with Crippen LogP contribution in [0.1, 0.15) is 11.1 Å². The van der Waals surface area contributed by atoms with Crippen molar-refractivity contribution in [2.75, 3.05) is 0 Å². The maximum atomic E-state index is 9.52. The van der Waals surface area contributed by atoms with Crippen molar-refractivity contribution in [2.45, 2.75) is 13.2 Å². The van der Waals surface area contributed by atoms with Crippen molar-refractivity contribution in [3.63, 3.8) is 0 Å². The quantitative estimate of drug-likeness (QED) is 0.767. The topological polar surface area (TPSA) is 49.7 Å². The summed E-state index contributed by atoms with van der Waals surface area (Å²) in [5.74, 6) is 1.01. The lowest BCUT2D eigenvalue weighted by atomic mass is 10.1. The van der Waals surface area contributed by atoms with Gasteiger partial charge in [-0.1, -0.05) is 36.4 Å². The molecule has 0 saturated heterocycles. The summed E-state index contributed by atoms with van der Waals surface area (Å²) in [4.78, 5) is 0. The zero-order valence-electron chi connectivity index (χ0n) is 11.5. The summed E-state index contributed by atoms with van der Waals surface area (Å²) in [5, 5.41) is 20.5. The third-order valence-corrected chi connectivity index (χ3v) is 3.41. The van der Waals surface area contributed by atoms with Crippen molar-refractivity contribution in [3.05, 3.63) is 71.8 Å². The minimum Gasteiger partial charge on any atom is -0.508 e. The molecule has 21 heavy (non-hydrogen) atoms. The number of hydrogen-bond acceptors (Lipinski definition) is 3. The molecule has 0 saturated carbocycles. The Balaban J connectivity index is 1.74. The molecule has 3 aromatic carbocycles. The molecule has 2 N–H and O–H groups in total. The number of phenols is 1. The number of aromatic hydroxyl groups is 1. The molecule has 0 aliphatic carbocycles. The van der Waals surface area contributed by atoms with E-state index in [0.717, 1.165) is 27.6 Å². The lowest BCUT2D eigenvalue weighted by Crippen LogP contribution is -1.95. The zero-order chi connectivity index (χ0) is 14.7. The van der Waals surface area contributed by atoms with Crippen LogP contribution in [0.2, 0.25) is 0 Å². The number of rotatable bonds is 4. The highest BCUT2D eigenvalue weighted by molar-refractivity contribution is 5.85. The Hall–Kier alpha value is -2.52. The molecule has 0 aromatic heterocycles. The van der Waals surface area contributed by atoms with E-state index in [-0.39, 0.29) is 12.4 Å². The number of fused-ring (bicyclic) bond motifs is 1. The molecule has 0 fully saturated rings. The van der Waals surface area contributed by atoms with Crippen molar-refractivity contribution >= 4 is 10.8 Å². The lowest BCUT2D eigenvalue weighted by Gasteiger charge is -2.08. The van der Waals surface area contributed by atoms with Gasteiger partial charge in [0.2, 0.25) is 0 Å². The summed E-state index contributed by atoms with van der Waals surface area (Å²) in [6, 6.07) is 18.7. The maximum Gasteiger partial charge on any atom is 0.120 e. The monoisotopic (exact) mass is 280 g/mol. The minimum atomic E-state index is 0.0509. The van der Waals surface area contributed by atoms with Crippen LogP contribution in [0.4, 0.5) is 0 Å². The van der Waals surface area contributed by atoms with Crippen molar-refractivity contribution in [1.82, 2.24) is 0 Å². The SMILES string of the molecule is OCc1ccc(COc2ccc3ccc(O)cc3c2)cc1. The van der Waals surface area contributed by atoms with Crippen molar-refractivity contribution in [3.8, 4) is 11.5 Å². The molecule has 3 rings (SSSR count). The minimum absolute atomic E-state index is 0.0509. The summed E-state index contributed by atoms with van der Waals surface area (Å²) in [5.41, 5.74) is 1.93. The van der Waals surface area contributed by atoms with Gasteiger partial charge in [0.25, 0.3) is 0 Å². The molecule has 3 nitrogen and oxygen atoms in total. The van der Waals surface area contributed by atoms with Crippen LogP contribution in [-0.2, 0) is 13.2 Å². The first-order chi connectivity index (χ1) is 10.2. The Labute approximate surface area is 123 Å². The van der Waals surface area contributed by atoms with Crippen LogP contribution in [0.5, 0.6) is 11.5 Å². The van der Waals surface area contributed by atoms with Gasteiger partial charge in [0, 0.05) is 0 Å². The maximum absolute atomic E-state index is 9.52. The van der Waals surface area contributed by atoms with Gasteiger partial charge >= 0.3 is 0 Å². The van der Waals surface area contributed by atoms with Gasteiger partial charge in [-0.25, -0.2) is 0 Å². The van der Waals surface area contributed by atoms with E-state index in [1.54, 1.807) is 12.1 Å². The summed E-state index contributed by atoms with van der Waals surface area (Å²) in [7, 11) is 0. The molecule has 0 radical (unpaired) electrons. The van der Waals surface area contributed by atoms with Gasteiger partial charge in [-0.3, -0.25) is 0 Å². The van der Waals surface area contributed by atoms with Crippen LogP contribution in [-0.4, -0.2) is 10.2 Å². The Bertz CT molecular complexity index is 748. The van der Waals surface area contributed by atoms with Gasteiger partial charge in [-0.15, -0.1) is 0 Å². The van der Waals surface area contributed by atoms with Gasteiger partial charge < -0.3 is 14.9 Å². The van der Waals surface area contributed by atoms with E-state index >= 15 is 0 Å². The van der Waals surface area contributed by atoms with Gasteiger partial charge in [-0.05, 0) is 46.2 Å². The van der Waals surface area contributed by atoms with Crippen LogP contribution in [0.25, 0.3) is 10.8 Å². The van der Waals surface area contributed by atoms with Gasteiger partial charge in [0.05, 0.1) is 6.61 Å². The molecule has 106 valence electrons. The fourth-order valence-corrected chi connectivity index (χ4v) is 2.21. The molecular weight excluding hydrogens is 264 g/mol. The van der Waals surface area contributed by atoms with E-state index < -0.39 is 0 Å². The molecule has 0 amide bonds. The first kappa shape index (κ1) is 13.5. The zero-order valence-corrected chi connectivity index (χ0v) is 11.5. The molecule has 3 heteroatoms. The van der Waals surface area contributed by atoms with E-state index in [0.29, 0.717) is 6.61 Å². The van der Waals surface area contributed by atoms with Crippen LogP contribution in [0, 0.1) is 0 Å². The van der Waals surface area contributed by atoms with Crippen molar-refractivity contribution in [2.24, 2.45) is 0 Å². The summed E-state index contributed by atoms with van der Waals surface area (Å²) < 4.78 is 5.77. The Morgan fingerprint density at radius 2 is 1.48 bits per heavy atom. The van der Waals surface area contributed by atoms with E-state index in [1.807, 2.05) is 48.5 Å². The average Bonchev–Trinajstić information content (AvgIpc) is 2.53.